The first-order valence-corrected chi connectivity index (χ1v) is 5.48. The molecule has 5 nitrogen and oxygen atoms in total. The van der Waals surface area contributed by atoms with Gasteiger partial charge in [0.25, 0.3) is 5.91 Å². The van der Waals surface area contributed by atoms with E-state index in [1.54, 1.807) is 37.4 Å². The van der Waals surface area contributed by atoms with Gasteiger partial charge in [-0.15, -0.1) is 0 Å². The lowest BCUT2D eigenvalue weighted by molar-refractivity contribution is 0.0763. The van der Waals surface area contributed by atoms with Gasteiger partial charge < -0.3 is 15.4 Å². The summed E-state index contributed by atoms with van der Waals surface area (Å²) < 4.78 is 4.94. The van der Waals surface area contributed by atoms with Gasteiger partial charge in [0, 0.05) is 38.6 Å². The number of likely N-dealkylation sites (N-methyl/N-ethyl adjacent to an activating group) is 1. The van der Waals surface area contributed by atoms with Gasteiger partial charge in [-0.05, 0) is 19.1 Å². The largest absolute Gasteiger partial charge is 0.383 e. The van der Waals surface area contributed by atoms with E-state index in [4.69, 9.17) is 10.5 Å². The normalized spacial score (nSPS) is 12.2. The Bertz CT molecular complexity index is 382. The molecule has 1 aromatic heterocycles. The fourth-order valence-electron chi connectivity index (χ4n) is 1.62. The SMILES string of the molecule is COCC(N)CN(C)C(=O)c1cccnc1C. The number of hydrogen-bond acceptors (Lipinski definition) is 4. The summed E-state index contributed by atoms with van der Waals surface area (Å²) in [6.45, 7) is 2.71. The van der Waals surface area contributed by atoms with Crippen LogP contribution in [0, 0.1) is 6.92 Å². The van der Waals surface area contributed by atoms with Crippen molar-refractivity contribution in [3.8, 4) is 0 Å². The van der Waals surface area contributed by atoms with Crippen LogP contribution in [-0.4, -0.2) is 49.1 Å². The van der Waals surface area contributed by atoms with Crippen molar-refractivity contribution >= 4 is 5.91 Å². The van der Waals surface area contributed by atoms with Crippen LogP contribution in [0.15, 0.2) is 18.3 Å². The molecule has 1 unspecified atom stereocenters. The second kappa shape index (κ2) is 6.32. The summed E-state index contributed by atoms with van der Waals surface area (Å²) >= 11 is 0. The minimum atomic E-state index is -0.175. The molecule has 0 bridgehead atoms. The maximum absolute atomic E-state index is 12.1. The predicted molar refractivity (Wildman–Crippen MR) is 65.8 cm³/mol. The second-order valence-electron chi connectivity index (χ2n) is 4.04. The van der Waals surface area contributed by atoms with Crippen molar-refractivity contribution in [3.63, 3.8) is 0 Å². The zero-order chi connectivity index (χ0) is 12.8. The first-order chi connectivity index (χ1) is 8.06. The van der Waals surface area contributed by atoms with Gasteiger partial charge in [-0.2, -0.15) is 0 Å². The highest BCUT2D eigenvalue weighted by atomic mass is 16.5. The van der Waals surface area contributed by atoms with Crippen molar-refractivity contribution in [1.29, 1.82) is 0 Å². The van der Waals surface area contributed by atoms with Gasteiger partial charge in [0.05, 0.1) is 12.2 Å². The highest BCUT2D eigenvalue weighted by molar-refractivity contribution is 5.95. The van der Waals surface area contributed by atoms with Gasteiger partial charge >= 0.3 is 0 Å². The Kier molecular flexibility index (Phi) is 5.06. The molecule has 0 saturated heterocycles. The maximum atomic E-state index is 12.1. The Balaban J connectivity index is 2.67. The molecule has 0 spiro atoms. The van der Waals surface area contributed by atoms with Crippen molar-refractivity contribution in [3.05, 3.63) is 29.6 Å². The van der Waals surface area contributed by atoms with E-state index in [9.17, 15) is 4.79 Å². The molecule has 94 valence electrons. The molecule has 0 saturated carbocycles. The highest BCUT2D eigenvalue weighted by Crippen LogP contribution is 2.07. The zero-order valence-electron chi connectivity index (χ0n) is 10.5. The smallest absolute Gasteiger partial charge is 0.255 e. The lowest BCUT2D eigenvalue weighted by atomic mass is 10.1. The third kappa shape index (κ3) is 3.80. The molecule has 17 heavy (non-hydrogen) atoms. The van der Waals surface area contributed by atoms with Crippen LogP contribution in [0.4, 0.5) is 0 Å². The van der Waals surface area contributed by atoms with Crippen LogP contribution in [-0.2, 0) is 4.74 Å². The van der Waals surface area contributed by atoms with E-state index in [1.807, 2.05) is 6.92 Å². The first kappa shape index (κ1) is 13.6. The van der Waals surface area contributed by atoms with Crippen molar-refractivity contribution in [2.24, 2.45) is 5.73 Å². The van der Waals surface area contributed by atoms with Crippen LogP contribution < -0.4 is 5.73 Å². The van der Waals surface area contributed by atoms with Crippen molar-refractivity contribution in [1.82, 2.24) is 9.88 Å². The summed E-state index contributed by atoms with van der Waals surface area (Å²) in [5.41, 5.74) is 7.14. The van der Waals surface area contributed by atoms with E-state index < -0.39 is 0 Å². The number of amides is 1. The van der Waals surface area contributed by atoms with E-state index in [0.717, 1.165) is 5.69 Å². The molecule has 1 heterocycles. The standard InChI is InChI=1S/C12H19N3O2/c1-9-11(5-4-6-14-9)12(16)15(2)7-10(13)8-17-3/h4-6,10H,7-8,13H2,1-3H3. The molecule has 2 N–H and O–H groups in total. The Morgan fingerprint density at radius 2 is 2.35 bits per heavy atom. The molecule has 0 fully saturated rings. The van der Waals surface area contributed by atoms with E-state index >= 15 is 0 Å². The van der Waals surface area contributed by atoms with Gasteiger partial charge in [-0.1, -0.05) is 0 Å². The monoisotopic (exact) mass is 237 g/mol. The minimum Gasteiger partial charge on any atom is -0.383 e. The number of aryl methyl sites for hydroxylation is 1. The summed E-state index contributed by atoms with van der Waals surface area (Å²) in [5.74, 6) is -0.0675. The van der Waals surface area contributed by atoms with E-state index in [1.165, 1.54) is 0 Å². The molecule has 1 rings (SSSR count). The number of nitrogens with zero attached hydrogens (tertiary/aromatic N) is 2. The fourth-order valence-corrected chi connectivity index (χ4v) is 1.62. The van der Waals surface area contributed by atoms with Crippen molar-refractivity contribution < 1.29 is 9.53 Å². The average Bonchev–Trinajstić information content (AvgIpc) is 2.29. The quantitative estimate of drug-likeness (QED) is 0.806. The number of pyridine rings is 1. The summed E-state index contributed by atoms with van der Waals surface area (Å²) in [6, 6.07) is 3.34. The number of ether oxygens (including phenoxy) is 1. The van der Waals surface area contributed by atoms with Gasteiger partial charge in [0.1, 0.15) is 0 Å². The molecule has 1 atom stereocenters. The van der Waals surface area contributed by atoms with Crippen LogP contribution in [0.5, 0.6) is 0 Å². The second-order valence-corrected chi connectivity index (χ2v) is 4.04. The number of carbonyl (C=O) groups is 1. The number of rotatable bonds is 5. The number of aromatic nitrogens is 1. The molecule has 0 aromatic carbocycles. The summed E-state index contributed by atoms with van der Waals surface area (Å²) in [4.78, 5) is 17.8. The number of hydrogen-bond donors (Lipinski definition) is 1. The Morgan fingerprint density at radius 1 is 1.65 bits per heavy atom. The van der Waals surface area contributed by atoms with Gasteiger partial charge in [0.15, 0.2) is 0 Å². The lowest BCUT2D eigenvalue weighted by Crippen LogP contribution is -2.41. The van der Waals surface area contributed by atoms with Crippen LogP contribution >= 0.6 is 0 Å². The number of nitrogens with two attached hydrogens (primary N) is 1. The summed E-state index contributed by atoms with van der Waals surface area (Å²) in [5, 5.41) is 0. The third-order valence-electron chi connectivity index (χ3n) is 2.47. The van der Waals surface area contributed by atoms with E-state index in [-0.39, 0.29) is 11.9 Å². The van der Waals surface area contributed by atoms with Crippen LogP contribution in [0.25, 0.3) is 0 Å². The molecule has 0 aliphatic heterocycles. The highest BCUT2D eigenvalue weighted by Gasteiger charge is 2.16. The summed E-state index contributed by atoms with van der Waals surface area (Å²) in [7, 11) is 3.32. The van der Waals surface area contributed by atoms with Gasteiger partial charge in [0.2, 0.25) is 0 Å². The minimum absolute atomic E-state index is 0.0675. The molecule has 0 aliphatic carbocycles. The van der Waals surface area contributed by atoms with Crippen molar-refractivity contribution in [2.75, 3.05) is 27.3 Å². The first-order valence-electron chi connectivity index (χ1n) is 5.48. The van der Waals surface area contributed by atoms with Crippen LogP contribution in [0.2, 0.25) is 0 Å². The van der Waals surface area contributed by atoms with Crippen LogP contribution in [0.1, 0.15) is 16.1 Å². The van der Waals surface area contributed by atoms with Crippen LogP contribution in [0.3, 0.4) is 0 Å². The molecule has 1 aromatic rings. The molecule has 5 heteroatoms. The molecule has 1 amide bonds. The Labute approximate surface area is 102 Å². The van der Waals surface area contributed by atoms with Gasteiger partial charge in [-0.3, -0.25) is 9.78 Å². The van der Waals surface area contributed by atoms with E-state index in [2.05, 4.69) is 4.98 Å². The molecular weight excluding hydrogens is 218 g/mol. The summed E-state index contributed by atoms with van der Waals surface area (Å²) in [6.07, 6.45) is 1.67. The van der Waals surface area contributed by atoms with E-state index in [0.29, 0.717) is 18.7 Å². The third-order valence-corrected chi connectivity index (χ3v) is 2.47. The maximum Gasteiger partial charge on any atom is 0.255 e. The Morgan fingerprint density at radius 3 is 2.94 bits per heavy atom. The van der Waals surface area contributed by atoms with Gasteiger partial charge in [-0.25, -0.2) is 0 Å². The zero-order valence-corrected chi connectivity index (χ0v) is 10.5. The lowest BCUT2D eigenvalue weighted by Gasteiger charge is -2.21. The number of methoxy groups -OCH3 is 1. The number of carbonyl (C=O) groups excluding carboxylic acids is 1. The van der Waals surface area contributed by atoms with Crippen molar-refractivity contribution in [2.45, 2.75) is 13.0 Å². The topological polar surface area (TPSA) is 68.5 Å². The predicted octanol–water partition coefficient (Wildman–Crippen LogP) is 0.436. The molecule has 0 aliphatic rings. The average molecular weight is 237 g/mol. The Hall–Kier alpha value is -1.46. The molecular formula is C12H19N3O2. The fraction of sp³-hybridized carbons (Fsp3) is 0.500. The molecule has 0 radical (unpaired) electrons.